The van der Waals surface area contributed by atoms with Crippen molar-refractivity contribution in [2.75, 3.05) is 11.9 Å². The standard InChI is InChI=1S/C13H17N3/c1-3-8-14-13-9-12(15-16-13)11-7-5-4-6-10(11)2/h4-7,9H,3,8H2,1-2H3,(H2,14,15,16). The molecule has 0 saturated carbocycles. The Morgan fingerprint density at radius 3 is 2.88 bits per heavy atom. The van der Waals surface area contributed by atoms with Crippen LogP contribution in [0.15, 0.2) is 30.3 Å². The highest BCUT2D eigenvalue weighted by atomic mass is 15.2. The van der Waals surface area contributed by atoms with Crippen molar-refractivity contribution in [2.45, 2.75) is 20.3 Å². The van der Waals surface area contributed by atoms with E-state index in [2.05, 4.69) is 47.6 Å². The molecular formula is C13H17N3. The van der Waals surface area contributed by atoms with E-state index in [1.807, 2.05) is 12.1 Å². The summed E-state index contributed by atoms with van der Waals surface area (Å²) in [6, 6.07) is 10.4. The van der Waals surface area contributed by atoms with Crippen molar-refractivity contribution >= 4 is 5.82 Å². The molecule has 0 fully saturated rings. The molecule has 0 atom stereocenters. The van der Waals surface area contributed by atoms with Crippen molar-refractivity contribution in [3.63, 3.8) is 0 Å². The van der Waals surface area contributed by atoms with Crippen LogP contribution in [-0.2, 0) is 0 Å². The van der Waals surface area contributed by atoms with Gasteiger partial charge in [-0.25, -0.2) is 0 Å². The quantitative estimate of drug-likeness (QED) is 0.822. The van der Waals surface area contributed by atoms with Gasteiger partial charge < -0.3 is 5.32 Å². The molecule has 1 aromatic carbocycles. The summed E-state index contributed by atoms with van der Waals surface area (Å²) in [6.07, 6.45) is 1.10. The second-order valence-corrected chi connectivity index (χ2v) is 3.91. The Kier molecular flexibility index (Phi) is 3.25. The third-order valence-electron chi connectivity index (χ3n) is 2.57. The van der Waals surface area contributed by atoms with Crippen LogP contribution in [-0.4, -0.2) is 16.7 Å². The number of aromatic amines is 1. The summed E-state index contributed by atoms with van der Waals surface area (Å²) in [5.74, 6) is 0.917. The van der Waals surface area contributed by atoms with Crippen molar-refractivity contribution in [1.82, 2.24) is 10.2 Å². The molecule has 2 rings (SSSR count). The molecule has 0 unspecified atom stereocenters. The minimum absolute atomic E-state index is 0.917. The first-order chi connectivity index (χ1) is 7.81. The van der Waals surface area contributed by atoms with Gasteiger partial charge in [-0.3, -0.25) is 5.10 Å². The summed E-state index contributed by atoms with van der Waals surface area (Å²) >= 11 is 0. The Bertz CT molecular complexity index is 460. The minimum atomic E-state index is 0.917. The summed E-state index contributed by atoms with van der Waals surface area (Å²) < 4.78 is 0. The fourth-order valence-electron chi connectivity index (χ4n) is 1.68. The van der Waals surface area contributed by atoms with Gasteiger partial charge in [0.25, 0.3) is 0 Å². The zero-order valence-corrected chi connectivity index (χ0v) is 9.75. The molecule has 16 heavy (non-hydrogen) atoms. The fourth-order valence-corrected chi connectivity index (χ4v) is 1.68. The van der Waals surface area contributed by atoms with Crippen LogP contribution in [0.2, 0.25) is 0 Å². The zero-order chi connectivity index (χ0) is 11.4. The number of rotatable bonds is 4. The largest absolute Gasteiger partial charge is 0.369 e. The van der Waals surface area contributed by atoms with E-state index in [9.17, 15) is 0 Å². The number of hydrogen-bond acceptors (Lipinski definition) is 2. The van der Waals surface area contributed by atoms with Crippen LogP contribution in [0.25, 0.3) is 11.3 Å². The molecular weight excluding hydrogens is 198 g/mol. The average Bonchev–Trinajstić information content (AvgIpc) is 2.75. The number of benzene rings is 1. The van der Waals surface area contributed by atoms with Crippen molar-refractivity contribution in [2.24, 2.45) is 0 Å². The third kappa shape index (κ3) is 2.24. The van der Waals surface area contributed by atoms with Gasteiger partial charge in [0.15, 0.2) is 0 Å². The van der Waals surface area contributed by atoms with Gasteiger partial charge in [0.1, 0.15) is 5.82 Å². The number of aryl methyl sites for hydroxylation is 1. The lowest BCUT2D eigenvalue weighted by Crippen LogP contribution is -1.99. The summed E-state index contributed by atoms with van der Waals surface area (Å²) in [5, 5.41) is 10.6. The topological polar surface area (TPSA) is 40.7 Å². The lowest BCUT2D eigenvalue weighted by Gasteiger charge is -2.01. The van der Waals surface area contributed by atoms with E-state index in [0.29, 0.717) is 0 Å². The highest BCUT2D eigenvalue weighted by Crippen LogP contribution is 2.22. The highest BCUT2D eigenvalue weighted by molar-refractivity contribution is 5.66. The summed E-state index contributed by atoms with van der Waals surface area (Å²) in [6.45, 7) is 5.20. The van der Waals surface area contributed by atoms with E-state index in [0.717, 1.165) is 24.5 Å². The molecule has 3 heteroatoms. The number of nitrogens with one attached hydrogen (secondary N) is 2. The van der Waals surface area contributed by atoms with Crippen molar-refractivity contribution in [1.29, 1.82) is 0 Å². The maximum Gasteiger partial charge on any atom is 0.148 e. The summed E-state index contributed by atoms with van der Waals surface area (Å²) in [4.78, 5) is 0. The van der Waals surface area contributed by atoms with E-state index in [1.165, 1.54) is 11.1 Å². The SMILES string of the molecule is CCCNc1cc(-c2ccccc2C)[nH]n1. The predicted octanol–water partition coefficient (Wildman–Crippen LogP) is 3.21. The molecule has 0 spiro atoms. The molecule has 84 valence electrons. The molecule has 1 heterocycles. The van der Waals surface area contributed by atoms with Crippen LogP contribution < -0.4 is 5.32 Å². The first-order valence-electron chi connectivity index (χ1n) is 5.66. The van der Waals surface area contributed by atoms with Crippen LogP contribution in [0, 0.1) is 6.92 Å². The molecule has 0 radical (unpaired) electrons. The molecule has 2 aromatic rings. The van der Waals surface area contributed by atoms with Gasteiger partial charge in [-0.15, -0.1) is 0 Å². The molecule has 0 bridgehead atoms. The molecule has 0 aliphatic rings. The van der Waals surface area contributed by atoms with Crippen LogP contribution in [0.1, 0.15) is 18.9 Å². The molecule has 0 aliphatic carbocycles. The Morgan fingerprint density at radius 1 is 1.31 bits per heavy atom. The third-order valence-corrected chi connectivity index (χ3v) is 2.57. The molecule has 1 aromatic heterocycles. The summed E-state index contributed by atoms with van der Waals surface area (Å²) in [7, 11) is 0. The fraction of sp³-hybridized carbons (Fsp3) is 0.308. The van der Waals surface area contributed by atoms with Gasteiger partial charge in [0, 0.05) is 18.2 Å². The molecule has 2 N–H and O–H groups in total. The Hall–Kier alpha value is -1.77. The van der Waals surface area contributed by atoms with E-state index in [4.69, 9.17) is 0 Å². The second kappa shape index (κ2) is 4.84. The first kappa shape index (κ1) is 10.7. The maximum atomic E-state index is 4.24. The molecule has 0 saturated heterocycles. The zero-order valence-electron chi connectivity index (χ0n) is 9.75. The molecule has 3 nitrogen and oxygen atoms in total. The van der Waals surface area contributed by atoms with Crippen LogP contribution >= 0.6 is 0 Å². The summed E-state index contributed by atoms with van der Waals surface area (Å²) in [5.41, 5.74) is 3.53. The van der Waals surface area contributed by atoms with Gasteiger partial charge in [-0.1, -0.05) is 31.2 Å². The highest BCUT2D eigenvalue weighted by Gasteiger charge is 2.04. The van der Waals surface area contributed by atoms with Gasteiger partial charge in [-0.05, 0) is 18.9 Å². The molecule has 0 amide bonds. The Morgan fingerprint density at radius 2 is 2.12 bits per heavy atom. The van der Waals surface area contributed by atoms with Gasteiger partial charge >= 0.3 is 0 Å². The Balaban J connectivity index is 2.22. The van der Waals surface area contributed by atoms with E-state index < -0.39 is 0 Å². The van der Waals surface area contributed by atoms with Crippen molar-refractivity contribution in [3.05, 3.63) is 35.9 Å². The van der Waals surface area contributed by atoms with E-state index in [1.54, 1.807) is 0 Å². The molecule has 0 aliphatic heterocycles. The number of hydrogen-bond donors (Lipinski definition) is 2. The lowest BCUT2D eigenvalue weighted by molar-refractivity contribution is 0.961. The predicted molar refractivity (Wildman–Crippen MR) is 67.5 cm³/mol. The Labute approximate surface area is 95.9 Å². The first-order valence-corrected chi connectivity index (χ1v) is 5.66. The normalized spacial score (nSPS) is 10.4. The lowest BCUT2D eigenvalue weighted by atomic mass is 10.1. The van der Waals surface area contributed by atoms with E-state index >= 15 is 0 Å². The van der Waals surface area contributed by atoms with Crippen LogP contribution in [0.5, 0.6) is 0 Å². The van der Waals surface area contributed by atoms with Crippen molar-refractivity contribution in [3.8, 4) is 11.3 Å². The number of aromatic nitrogens is 2. The monoisotopic (exact) mass is 215 g/mol. The number of nitrogens with zero attached hydrogens (tertiary/aromatic N) is 1. The van der Waals surface area contributed by atoms with Crippen LogP contribution in [0.4, 0.5) is 5.82 Å². The number of H-pyrrole nitrogens is 1. The average molecular weight is 215 g/mol. The van der Waals surface area contributed by atoms with Crippen LogP contribution in [0.3, 0.4) is 0 Å². The number of anilines is 1. The van der Waals surface area contributed by atoms with Gasteiger partial charge in [0.2, 0.25) is 0 Å². The maximum absolute atomic E-state index is 4.24. The van der Waals surface area contributed by atoms with Gasteiger partial charge in [-0.2, -0.15) is 5.10 Å². The second-order valence-electron chi connectivity index (χ2n) is 3.91. The van der Waals surface area contributed by atoms with E-state index in [-0.39, 0.29) is 0 Å². The minimum Gasteiger partial charge on any atom is -0.369 e. The van der Waals surface area contributed by atoms with Gasteiger partial charge in [0.05, 0.1) is 5.69 Å². The van der Waals surface area contributed by atoms with Crippen molar-refractivity contribution < 1.29 is 0 Å². The smallest absolute Gasteiger partial charge is 0.148 e.